The van der Waals surface area contributed by atoms with Crippen molar-refractivity contribution in [3.8, 4) is 0 Å². The van der Waals surface area contributed by atoms with Crippen LogP contribution >= 0.6 is 0 Å². The van der Waals surface area contributed by atoms with Crippen LogP contribution in [0.2, 0.25) is 18.1 Å². The first-order valence-electron chi connectivity index (χ1n) is 16.2. The summed E-state index contributed by atoms with van der Waals surface area (Å²) in [6.45, 7) is 22.9. The first kappa shape index (κ1) is 38.1. The number of fused-ring (bicyclic) bond motifs is 3. The highest BCUT2D eigenvalue weighted by molar-refractivity contribution is 7.86. The Balaban J connectivity index is 2.03. The molecule has 2 N–H and O–H groups in total. The summed E-state index contributed by atoms with van der Waals surface area (Å²) in [5.74, 6) is -1.27. The fourth-order valence-electron chi connectivity index (χ4n) is 8.35. The number of ketones is 1. The van der Waals surface area contributed by atoms with Crippen molar-refractivity contribution in [1.29, 1.82) is 0 Å². The van der Waals surface area contributed by atoms with Crippen LogP contribution in [-0.4, -0.2) is 106 Å². The molecule has 4 rings (SSSR count). The van der Waals surface area contributed by atoms with Gasteiger partial charge in [0.15, 0.2) is 19.7 Å². The minimum atomic E-state index is -4.07. The van der Waals surface area contributed by atoms with Gasteiger partial charge in [-0.3, -0.25) is 8.98 Å². The Bertz CT molecular complexity index is 1350. The Morgan fingerprint density at radius 3 is 2.13 bits per heavy atom. The van der Waals surface area contributed by atoms with Crippen molar-refractivity contribution in [2.45, 2.75) is 147 Å². The van der Waals surface area contributed by atoms with Crippen molar-refractivity contribution in [3.63, 3.8) is 0 Å². The molecule has 9 atom stereocenters. The second-order valence-corrected chi connectivity index (χ2v) is 23.8. The highest BCUT2D eigenvalue weighted by Gasteiger charge is 2.85. The first-order valence-corrected chi connectivity index (χ1v) is 20.9. The van der Waals surface area contributed by atoms with Gasteiger partial charge in [-0.15, -0.1) is 0 Å². The van der Waals surface area contributed by atoms with Crippen LogP contribution in [0.15, 0.2) is 11.6 Å². The Morgan fingerprint density at radius 1 is 1.04 bits per heavy atom. The van der Waals surface area contributed by atoms with Crippen LogP contribution in [0.3, 0.4) is 0 Å². The molecule has 3 fully saturated rings. The van der Waals surface area contributed by atoms with Gasteiger partial charge in [-0.25, -0.2) is 0 Å². The average molecular weight is 691 g/mol. The Morgan fingerprint density at radius 2 is 1.63 bits per heavy atom. The van der Waals surface area contributed by atoms with Crippen molar-refractivity contribution < 1.29 is 51.0 Å². The van der Waals surface area contributed by atoms with Crippen LogP contribution in [0.4, 0.5) is 0 Å². The summed E-state index contributed by atoms with van der Waals surface area (Å²) in [4.78, 5) is 14.1. The molecule has 0 amide bonds. The molecule has 0 aromatic rings. The molecule has 0 aromatic carbocycles. The summed E-state index contributed by atoms with van der Waals surface area (Å²) in [7, 11) is -5.09. The second kappa shape index (κ2) is 11.4. The van der Waals surface area contributed by atoms with Gasteiger partial charge in [0.05, 0.1) is 30.7 Å². The van der Waals surface area contributed by atoms with E-state index in [-0.39, 0.29) is 37.1 Å². The van der Waals surface area contributed by atoms with Crippen LogP contribution in [0.25, 0.3) is 0 Å². The zero-order valence-corrected chi connectivity index (χ0v) is 32.1. The smallest absolute Gasteiger partial charge is 0.264 e. The van der Waals surface area contributed by atoms with Gasteiger partial charge < -0.3 is 33.6 Å². The molecule has 2 bridgehead atoms. The molecule has 2 saturated carbocycles. The largest absolute Gasteiger partial charge is 0.414 e. The third kappa shape index (κ3) is 5.81. The normalized spacial score (nSPS) is 41.2. The lowest BCUT2D eigenvalue weighted by atomic mass is 9.46. The monoisotopic (exact) mass is 690 g/mol. The second-order valence-electron chi connectivity index (χ2n) is 17.4. The van der Waals surface area contributed by atoms with Crippen LogP contribution in [0.1, 0.15) is 82.1 Å². The van der Waals surface area contributed by atoms with Gasteiger partial charge in [0.2, 0.25) is 0 Å². The molecule has 1 heterocycles. The minimum Gasteiger partial charge on any atom is -0.414 e. The van der Waals surface area contributed by atoms with E-state index in [1.807, 2.05) is 27.7 Å². The summed E-state index contributed by atoms with van der Waals surface area (Å²) in [6.07, 6.45) is -1.32. The molecular formula is C33H58O11SSi. The van der Waals surface area contributed by atoms with E-state index in [1.165, 1.54) is 13.2 Å². The minimum absolute atomic E-state index is 0.00396. The number of epoxide rings is 1. The molecule has 0 unspecified atom stereocenters. The summed E-state index contributed by atoms with van der Waals surface area (Å²) in [6, 6.07) is 0. The summed E-state index contributed by atoms with van der Waals surface area (Å²) < 4.78 is 63.0. The van der Waals surface area contributed by atoms with E-state index in [2.05, 4.69) is 33.9 Å². The van der Waals surface area contributed by atoms with Gasteiger partial charge in [-0.05, 0) is 63.9 Å². The molecule has 1 spiro atoms. The van der Waals surface area contributed by atoms with Gasteiger partial charge >= 0.3 is 0 Å². The topological polar surface area (TPSA) is 150 Å². The molecule has 1 aliphatic heterocycles. The molecular weight excluding hydrogens is 633 g/mol. The van der Waals surface area contributed by atoms with Crippen LogP contribution in [-0.2, 0) is 42.5 Å². The van der Waals surface area contributed by atoms with E-state index < -0.39 is 82.0 Å². The van der Waals surface area contributed by atoms with Crippen LogP contribution in [0.5, 0.6) is 0 Å². The van der Waals surface area contributed by atoms with Crippen LogP contribution < -0.4 is 0 Å². The van der Waals surface area contributed by atoms with Crippen molar-refractivity contribution in [3.05, 3.63) is 11.6 Å². The lowest BCUT2D eigenvalue weighted by Crippen LogP contribution is -2.75. The van der Waals surface area contributed by atoms with Crippen molar-refractivity contribution in [1.82, 2.24) is 0 Å². The number of hydrogen-bond donors (Lipinski definition) is 2. The highest BCUT2D eigenvalue weighted by atomic mass is 32.2. The van der Waals surface area contributed by atoms with Crippen molar-refractivity contribution in [2.24, 2.45) is 16.7 Å². The molecule has 13 heteroatoms. The number of carbonyl (C=O) groups is 1. The summed E-state index contributed by atoms with van der Waals surface area (Å²) in [5, 5.41) is 25.7. The Hall–Kier alpha value is -0.743. The van der Waals surface area contributed by atoms with E-state index in [0.29, 0.717) is 5.57 Å². The number of rotatable bonds is 9. The number of aliphatic hydroxyl groups is 2. The van der Waals surface area contributed by atoms with E-state index in [9.17, 15) is 23.4 Å². The fraction of sp³-hybridized carbons (Fsp3) is 0.909. The summed E-state index contributed by atoms with van der Waals surface area (Å²) in [5.41, 5.74) is -7.68. The van der Waals surface area contributed by atoms with E-state index >= 15 is 0 Å². The molecule has 11 nitrogen and oxygen atoms in total. The highest BCUT2D eigenvalue weighted by Crippen LogP contribution is 2.71. The van der Waals surface area contributed by atoms with E-state index in [4.69, 9.17) is 27.6 Å². The van der Waals surface area contributed by atoms with E-state index in [1.54, 1.807) is 20.8 Å². The van der Waals surface area contributed by atoms with Crippen molar-refractivity contribution in [2.75, 3.05) is 26.8 Å². The Kier molecular flexibility index (Phi) is 9.43. The van der Waals surface area contributed by atoms with Gasteiger partial charge in [-0.2, -0.15) is 8.42 Å². The Labute approximate surface area is 276 Å². The first-order chi connectivity index (χ1) is 20.6. The van der Waals surface area contributed by atoms with Crippen LogP contribution in [0, 0.1) is 16.7 Å². The number of ether oxygens (including phenoxy) is 4. The third-order valence-corrected chi connectivity index (χ3v) is 16.9. The van der Waals surface area contributed by atoms with Crippen molar-refractivity contribution >= 4 is 24.2 Å². The fourth-order valence-corrected chi connectivity index (χ4v) is 10.0. The zero-order chi connectivity index (χ0) is 35.3. The molecule has 3 aliphatic carbocycles. The third-order valence-electron chi connectivity index (χ3n) is 11.9. The molecule has 46 heavy (non-hydrogen) atoms. The number of carbonyl (C=O) groups excluding carboxylic acids is 1. The maximum atomic E-state index is 14.1. The zero-order valence-electron chi connectivity index (χ0n) is 30.3. The van der Waals surface area contributed by atoms with Gasteiger partial charge in [-0.1, -0.05) is 41.5 Å². The quantitative estimate of drug-likeness (QED) is 0.156. The predicted molar refractivity (Wildman–Crippen MR) is 175 cm³/mol. The molecule has 0 radical (unpaired) electrons. The molecule has 1 saturated heterocycles. The van der Waals surface area contributed by atoms with Gasteiger partial charge in [0, 0.05) is 30.3 Å². The van der Waals surface area contributed by atoms with Gasteiger partial charge in [0.1, 0.15) is 30.2 Å². The number of hydrogen-bond acceptors (Lipinski definition) is 11. The summed E-state index contributed by atoms with van der Waals surface area (Å²) >= 11 is 0. The molecule has 4 aliphatic rings. The van der Waals surface area contributed by atoms with E-state index in [0.717, 1.165) is 6.26 Å². The average Bonchev–Trinajstić information content (AvgIpc) is 3.61. The lowest BCUT2D eigenvalue weighted by Gasteiger charge is -2.62. The number of methoxy groups -OCH3 is 1. The molecule has 0 aromatic heterocycles. The SMILES string of the molecule is COCO[C@@H]1C[C@]2(C)[C@@H](OC(C)(C)C)C[C@H](OS(C)(=O)=O)[C@@](O)(CO[Si](C)(C)C(C)(C)C)[C@@H]2[C@H]2O[C@]23C(=O)C=C(C)[C@@]1(O)C3(C)C. The molecule has 266 valence electrons. The predicted octanol–water partition coefficient (Wildman–Crippen LogP) is 4.11. The standard InChI is InChI=1S/C33H58O11SSi/c1-20-15-21(34)33-26(43-33)25-30(10,17-24(40-19-39-11)32(20,36)29(33,8)9)22(42-27(2,3)4)16-23(44-45(12,37)38)31(25,35)18-41-46(13,14)28(5,6)7/h15,22-26,35-36H,16-19H2,1-14H3/t22-,23-,24+,25+,26+,30+,31-,32-,33+/m0/s1. The maximum absolute atomic E-state index is 14.1. The maximum Gasteiger partial charge on any atom is 0.264 e. The van der Waals surface area contributed by atoms with Gasteiger partial charge in [0.25, 0.3) is 10.1 Å². The lowest BCUT2D eigenvalue weighted by molar-refractivity contribution is -0.274.